The molecule has 4 aromatic rings. The van der Waals surface area contributed by atoms with Gasteiger partial charge in [-0.3, -0.25) is 0 Å². The number of rotatable bonds is 5. The third-order valence-corrected chi connectivity index (χ3v) is 4.35. The minimum absolute atomic E-state index is 0.0336. The van der Waals surface area contributed by atoms with Crippen molar-refractivity contribution in [3.05, 3.63) is 90.0 Å². The normalized spacial score (nSPS) is 10.5. The van der Waals surface area contributed by atoms with Gasteiger partial charge in [-0.1, -0.05) is 60.1 Å². The lowest BCUT2D eigenvalue weighted by atomic mass is 10.1. The molecule has 0 aliphatic rings. The van der Waals surface area contributed by atoms with Crippen molar-refractivity contribution in [3.63, 3.8) is 0 Å². The van der Waals surface area contributed by atoms with Gasteiger partial charge in [-0.15, -0.1) is 0 Å². The molecule has 5 nitrogen and oxygen atoms in total. The van der Waals surface area contributed by atoms with Crippen molar-refractivity contribution in [1.29, 1.82) is 0 Å². The summed E-state index contributed by atoms with van der Waals surface area (Å²) >= 11 is 6.01. The molecule has 0 unspecified atom stereocenters. The molecular formula is C22H17ClN4O. The fraction of sp³-hybridized carbons (Fsp3) is 0. The maximum absolute atomic E-state index is 9.62. The van der Waals surface area contributed by atoms with Crippen LogP contribution in [0.5, 0.6) is 5.75 Å². The highest BCUT2D eigenvalue weighted by molar-refractivity contribution is 6.32. The number of hydrogen-bond donors (Lipinski definition) is 3. The molecular weight excluding hydrogens is 372 g/mol. The number of halogens is 1. The first kappa shape index (κ1) is 17.8. The number of para-hydroxylation sites is 1. The second kappa shape index (κ2) is 7.98. The van der Waals surface area contributed by atoms with Gasteiger partial charge in [0.25, 0.3) is 0 Å². The van der Waals surface area contributed by atoms with Crippen molar-refractivity contribution >= 4 is 34.7 Å². The maximum Gasteiger partial charge on any atom is 0.229 e. The van der Waals surface area contributed by atoms with Crippen molar-refractivity contribution in [1.82, 2.24) is 9.97 Å². The van der Waals surface area contributed by atoms with E-state index in [-0.39, 0.29) is 10.8 Å². The van der Waals surface area contributed by atoms with Crippen molar-refractivity contribution in [2.45, 2.75) is 0 Å². The largest absolute Gasteiger partial charge is 0.506 e. The molecule has 0 radical (unpaired) electrons. The van der Waals surface area contributed by atoms with Crippen LogP contribution in [0.1, 0.15) is 0 Å². The van der Waals surface area contributed by atoms with Crippen LogP contribution in [0.25, 0.3) is 11.3 Å². The van der Waals surface area contributed by atoms with E-state index < -0.39 is 0 Å². The molecule has 0 bridgehead atoms. The van der Waals surface area contributed by atoms with E-state index in [9.17, 15) is 5.11 Å². The van der Waals surface area contributed by atoms with Gasteiger partial charge < -0.3 is 15.7 Å². The summed E-state index contributed by atoms with van der Waals surface area (Å²) in [5.41, 5.74) is 3.37. The average Bonchev–Trinajstić information content (AvgIpc) is 2.72. The molecule has 28 heavy (non-hydrogen) atoms. The van der Waals surface area contributed by atoms with E-state index in [2.05, 4.69) is 20.6 Å². The first-order valence-electron chi connectivity index (χ1n) is 8.69. The smallest absolute Gasteiger partial charge is 0.229 e. The van der Waals surface area contributed by atoms with Crippen LogP contribution in [-0.2, 0) is 0 Å². The summed E-state index contributed by atoms with van der Waals surface area (Å²) in [6.45, 7) is 0. The second-order valence-electron chi connectivity index (χ2n) is 6.11. The second-order valence-corrected chi connectivity index (χ2v) is 6.52. The quantitative estimate of drug-likeness (QED) is 0.366. The number of phenols is 1. The molecule has 0 saturated carbocycles. The van der Waals surface area contributed by atoms with Gasteiger partial charge in [-0.05, 0) is 30.3 Å². The summed E-state index contributed by atoms with van der Waals surface area (Å²) in [6, 6.07) is 26.4. The number of anilines is 4. The monoisotopic (exact) mass is 388 g/mol. The van der Waals surface area contributed by atoms with Crippen LogP contribution in [0.2, 0.25) is 5.02 Å². The Kier molecular flexibility index (Phi) is 5.08. The summed E-state index contributed by atoms with van der Waals surface area (Å²) in [6.07, 6.45) is 0. The van der Waals surface area contributed by atoms with Crippen LogP contribution in [-0.4, -0.2) is 15.1 Å². The molecule has 6 heteroatoms. The highest BCUT2D eigenvalue weighted by Gasteiger charge is 2.09. The fourth-order valence-corrected chi connectivity index (χ4v) is 2.89. The first-order chi connectivity index (χ1) is 13.7. The predicted molar refractivity (Wildman–Crippen MR) is 114 cm³/mol. The molecule has 0 amide bonds. The third kappa shape index (κ3) is 4.22. The molecule has 1 aromatic heterocycles. The summed E-state index contributed by atoms with van der Waals surface area (Å²) in [5.74, 6) is 1.11. The molecule has 0 fully saturated rings. The minimum Gasteiger partial charge on any atom is -0.506 e. The van der Waals surface area contributed by atoms with Gasteiger partial charge in [0, 0.05) is 23.0 Å². The first-order valence-corrected chi connectivity index (χ1v) is 9.07. The van der Waals surface area contributed by atoms with Crippen LogP contribution < -0.4 is 10.6 Å². The zero-order chi connectivity index (χ0) is 19.3. The number of benzene rings is 3. The molecule has 3 aromatic carbocycles. The van der Waals surface area contributed by atoms with Gasteiger partial charge in [0.2, 0.25) is 5.95 Å². The number of nitrogens with zero attached hydrogens (tertiary/aromatic N) is 2. The summed E-state index contributed by atoms with van der Waals surface area (Å²) < 4.78 is 0. The van der Waals surface area contributed by atoms with E-state index in [4.69, 9.17) is 11.6 Å². The molecule has 0 atom stereocenters. The number of phenolic OH excluding ortho intramolecular Hbond substituents is 1. The van der Waals surface area contributed by atoms with E-state index in [1.54, 1.807) is 12.1 Å². The van der Waals surface area contributed by atoms with Gasteiger partial charge in [0.1, 0.15) is 11.6 Å². The average molecular weight is 389 g/mol. The Morgan fingerprint density at radius 3 is 2.14 bits per heavy atom. The zero-order valence-corrected chi connectivity index (χ0v) is 15.6. The lowest BCUT2D eigenvalue weighted by molar-refractivity contribution is 0.475. The highest BCUT2D eigenvalue weighted by atomic mass is 35.5. The van der Waals surface area contributed by atoms with Crippen LogP contribution in [0.15, 0.2) is 84.9 Å². The van der Waals surface area contributed by atoms with Crippen molar-refractivity contribution in [2.75, 3.05) is 10.6 Å². The van der Waals surface area contributed by atoms with E-state index in [1.165, 1.54) is 6.07 Å². The summed E-state index contributed by atoms with van der Waals surface area (Å²) in [5, 5.41) is 16.3. The van der Waals surface area contributed by atoms with Crippen molar-refractivity contribution < 1.29 is 5.11 Å². The van der Waals surface area contributed by atoms with Crippen LogP contribution in [0, 0.1) is 0 Å². The lowest BCUT2D eigenvalue weighted by Gasteiger charge is -2.12. The van der Waals surface area contributed by atoms with Gasteiger partial charge in [0.05, 0.1) is 10.7 Å². The lowest BCUT2D eigenvalue weighted by Crippen LogP contribution is -2.02. The van der Waals surface area contributed by atoms with Crippen molar-refractivity contribution in [2.24, 2.45) is 0 Å². The molecule has 0 aliphatic carbocycles. The van der Waals surface area contributed by atoms with Gasteiger partial charge in [-0.2, -0.15) is 4.98 Å². The Morgan fingerprint density at radius 1 is 0.714 bits per heavy atom. The molecule has 3 N–H and O–H groups in total. The Morgan fingerprint density at radius 2 is 1.43 bits per heavy atom. The molecule has 0 saturated heterocycles. The summed E-state index contributed by atoms with van der Waals surface area (Å²) in [7, 11) is 0. The van der Waals surface area contributed by atoms with Crippen molar-refractivity contribution in [3.8, 4) is 17.0 Å². The molecule has 138 valence electrons. The number of aromatic nitrogens is 2. The zero-order valence-electron chi connectivity index (χ0n) is 14.8. The third-order valence-electron chi connectivity index (χ3n) is 4.05. The molecule has 4 rings (SSSR count). The molecule has 0 spiro atoms. The molecule has 1 heterocycles. The van der Waals surface area contributed by atoms with Gasteiger partial charge in [0.15, 0.2) is 0 Å². The van der Waals surface area contributed by atoms with Gasteiger partial charge >= 0.3 is 0 Å². The summed E-state index contributed by atoms with van der Waals surface area (Å²) in [4.78, 5) is 9.21. The SMILES string of the molecule is Oc1ccc(Nc2cc(-c3ccccc3)nc(Nc3ccccc3)n2)cc1Cl. The van der Waals surface area contributed by atoms with Gasteiger partial charge in [-0.25, -0.2) is 4.98 Å². The Hall–Kier alpha value is -3.57. The number of hydrogen-bond acceptors (Lipinski definition) is 5. The number of nitrogens with one attached hydrogen (secondary N) is 2. The highest BCUT2D eigenvalue weighted by Crippen LogP contribution is 2.29. The Bertz CT molecular complexity index is 1090. The maximum atomic E-state index is 9.62. The standard InChI is InChI=1S/C22H17ClN4O/c23-18-13-17(11-12-20(18)28)24-21-14-19(15-7-3-1-4-8-15)26-22(27-21)25-16-9-5-2-6-10-16/h1-14,28H,(H2,24,25,26,27). The minimum atomic E-state index is 0.0336. The van der Waals surface area contributed by atoms with E-state index in [0.29, 0.717) is 17.5 Å². The number of aromatic hydroxyl groups is 1. The van der Waals surface area contributed by atoms with E-state index in [0.717, 1.165) is 16.9 Å². The Labute approximate surface area is 167 Å². The van der Waals surface area contributed by atoms with E-state index in [1.807, 2.05) is 66.7 Å². The van der Waals surface area contributed by atoms with Crippen LogP contribution in [0.3, 0.4) is 0 Å². The topological polar surface area (TPSA) is 70.1 Å². The predicted octanol–water partition coefficient (Wildman–Crippen LogP) is 5.99. The Balaban J connectivity index is 1.71. The van der Waals surface area contributed by atoms with Crippen LogP contribution in [0.4, 0.5) is 23.1 Å². The van der Waals surface area contributed by atoms with Crippen LogP contribution >= 0.6 is 11.6 Å². The van der Waals surface area contributed by atoms with E-state index >= 15 is 0 Å². The fourth-order valence-electron chi connectivity index (χ4n) is 2.71. The molecule has 0 aliphatic heterocycles.